The van der Waals surface area contributed by atoms with Gasteiger partial charge >= 0.3 is 5.97 Å². The van der Waals surface area contributed by atoms with Crippen LogP contribution in [0.1, 0.15) is 6.92 Å². The van der Waals surface area contributed by atoms with Crippen LogP contribution in [-0.2, 0) is 9.53 Å². The van der Waals surface area contributed by atoms with E-state index in [-0.39, 0.29) is 22.5 Å². The van der Waals surface area contributed by atoms with Gasteiger partial charge in [-0.05, 0) is 0 Å². The number of nitrogens with one attached hydrogen (secondary N) is 1. The molecule has 1 aromatic rings. The summed E-state index contributed by atoms with van der Waals surface area (Å²) in [5.74, 6) is -0.108. The zero-order chi connectivity index (χ0) is 12.1. The second kappa shape index (κ2) is 5.91. The molecule has 0 radical (unpaired) electrons. The van der Waals surface area contributed by atoms with Gasteiger partial charge in [0.25, 0.3) is 5.56 Å². The molecule has 1 N–H and O–H groups in total. The quantitative estimate of drug-likeness (QED) is 0.503. The molecule has 0 saturated heterocycles. The first-order valence-electron chi connectivity index (χ1n) is 4.50. The van der Waals surface area contributed by atoms with Crippen molar-refractivity contribution in [2.45, 2.75) is 11.9 Å². The largest absolute Gasteiger partial charge is 0.469 e. The van der Waals surface area contributed by atoms with Gasteiger partial charge < -0.3 is 9.72 Å². The molecule has 16 heavy (non-hydrogen) atoms. The monoisotopic (exact) mass is 262 g/mol. The van der Waals surface area contributed by atoms with Crippen LogP contribution in [0.5, 0.6) is 0 Å². The predicted molar refractivity (Wildman–Crippen MR) is 61.8 cm³/mol. The lowest BCUT2D eigenvalue weighted by Crippen LogP contribution is -2.15. The van der Waals surface area contributed by atoms with Crippen LogP contribution in [0, 0.1) is 5.92 Å². The third kappa shape index (κ3) is 3.24. The molecule has 7 heteroatoms. The highest BCUT2D eigenvalue weighted by Crippen LogP contribution is 2.23. The van der Waals surface area contributed by atoms with E-state index in [1.807, 2.05) is 0 Å². The molecule has 0 aliphatic rings. The molecular weight excluding hydrogens is 252 g/mol. The Bertz CT molecular complexity index is 435. The molecule has 0 aromatic carbocycles. The van der Waals surface area contributed by atoms with Gasteiger partial charge in [0.05, 0.1) is 19.4 Å². The number of ether oxygens (including phenoxy) is 1. The Kier molecular flexibility index (Phi) is 4.82. The van der Waals surface area contributed by atoms with Gasteiger partial charge in [-0.1, -0.05) is 18.5 Å². The van der Waals surface area contributed by atoms with Crippen molar-refractivity contribution in [3.8, 4) is 0 Å². The maximum absolute atomic E-state index is 11.1. The number of thioether (sulfide) groups is 1. The minimum atomic E-state index is -0.384. The van der Waals surface area contributed by atoms with E-state index in [4.69, 9.17) is 11.6 Å². The smallest absolute Gasteiger partial charge is 0.309 e. The van der Waals surface area contributed by atoms with Crippen LogP contribution in [0.15, 0.2) is 16.1 Å². The van der Waals surface area contributed by atoms with Gasteiger partial charge in [-0.3, -0.25) is 9.59 Å². The third-order valence-corrected chi connectivity index (χ3v) is 3.55. The summed E-state index contributed by atoms with van der Waals surface area (Å²) in [6.07, 6.45) is 1.28. The van der Waals surface area contributed by atoms with Crippen molar-refractivity contribution >= 4 is 29.3 Å². The molecule has 0 amide bonds. The standard InChI is InChI=1S/C9H11ClN2O3S/c1-5(9(14)15-2)3-16-8-6(10)7(13)11-4-12-8/h4-5H,3H2,1-2H3,(H,11,12,13). The van der Waals surface area contributed by atoms with Gasteiger partial charge in [-0.2, -0.15) is 0 Å². The highest BCUT2D eigenvalue weighted by molar-refractivity contribution is 7.99. The SMILES string of the molecule is COC(=O)C(C)CSc1nc[nH]c(=O)c1Cl. The molecule has 5 nitrogen and oxygen atoms in total. The summed E-state index contributed by atoms with van der Waals surface area (Å²) in [7, 11) is 1.34. The lowest BCUT2D eigenvalue weighted by atomic mass is 10.2. The van der Waals surface area contributed by atoms with Crippen molar-refractivity contribution in [1.82, 2.24) is 9.97 Å². The summed E-state index contributed by atoms with van der Waals surface area (Å²) in [6, 6.07) is 0. The molecule has 0 aliphatic heterocycles. The first-order valence-corrected chi connectivity index (χ1v) is 5.86. The maximum Gasteiger partial charge on any atom is 0.309 e. The third-order valence-electron chi connectivity index (χ3n) is 1.84. The van der Waals surface area contributed by atoms with Crippen LogP contribution < -0.4 is 5.56 Å². The number of nitrogens with zero attached hydrogens (tertiary/aromatic N) is 1. The number of halogens is 1. The number of rotatable bonds is 4. The average molecular weight is 263 g/mol. The summed E-state index contributed by atoms with van der Waals surface area (Å²) in [6.45, 7) is 1.74. The van der Waals surface area contributed by atoms with Crippen molar-refractivity contribution in [1.29, 1.82) is 0 Å². The van der Waals surface area contributed by atoms with Crippen LogP contribution in [0.3, 0.4) is 0 Å². The Hall–Kier alpha value is -1.01. The molecule has 1 rings (SSSR count). The first kappa shape index (κ1) is 13.1. The van der Waals surface area contributed by atoms with E-state index < -0.39 is 0 Å². The van der Waals surface area contributed by atoms with Gasteiger partial charge in [-0.25, -0.2) is 4.98 Å². The van der Waals surface area contributed by atoms with E-state index in [1.165, 1.54) is 25.2 Å². The van der Waals surface area contributed by atoms with Gasteiger partial charge in [0.1, 0.15) is 10.0 Å². The lowest BCUT2D eigenvalue weighted by Gasteiger charge is -2.08. The summed E-state index contributed by atoms with van der Waals surface area (Å²) in [4.78, 5) is 28.5. The van der Waals surface area contributed by atoms with E-state index in [9.17, 15) is 9.59 Å². The molecule has 88 valence electrons. The number of carbonyl (C=O) groups excluding carboxylic acids is 1. The summed E-state index contributed by atoms with van der Waals surface area (Å²) < 4.78 is 4.58. The number of H-pyrrole nitrogens is 1. The Morgan fingerprint density at radius 3 is 3.06 bits per heavy atom. The van der Waals surface area contributed by atoms with Crippen LogP contribution in [0.4, 0.5) is 0 Å². The van der Waals surface area contributed by atoms with Gasteiger partial charge in [0.15, 0.2) is 0 Å². The normalized spacial score (nSPS) is 12.2. The second-order valence-corrected chi connectivity index (χ2v) is 4.47. The Morgan fingerprint density at radius 1 is 1.75 bits per heavy atom. The maximum atomic E-state index is 11.1. The van der Waals surface area contributed by atoms with E-state index in [0.717, 1.165) is 0 Å². The number of hydrogen-bond donors (Lipinski definition) is 1. The first-order chi connectivity index (χ1) is 7.56. The number of esters is 1. The lowest BCUT2D eigenvalue weighted by molar-refractivity contribution is -0.143. The van der Waals surface area contributed by atoms with Crippen molar-refractivity contribution < 1.29 is 9.53 Å². The number of methoxy groups -OCH3 is 1. The van der Waals surface area contributed by atoms with E-state index in [0.29, 0.717) is 10.8 Å². The van der Waals surface area contributed by atoms with E-state index in [1.54, 1.807) is 6.92 Å². The number of aromatic nitrogens is 2. The molecule has 0 bridgehead atoms. The molecule has 1 aromatic heterocycles. The molecule has 0 aliphatic carbocycles. The fraction of sp³-hybridized carbons (Fsp3) is 0.444. The molecule has 1 unspecified atom stereocenters. The summed E-state index contributed by atoms with van der Waals surface area (Å²) >= 11 is 7.00. The van der Waals surface area contributed by atoms with Gasteiger partial charge in [-0.15, -0.1) is 11.8 Å². The predicted octanol–water partition coefficient (Wildman–Crippen LogP) is 1.32. The number of hydrogen-bond acceptors (Lipinski definition) is 5. The van der Waals surface area contributed by atoms with Crippen molar-refractivity contribution in [2.75, 3.05) is 12.9 Å². The van der Waals surface area contributed by atoms with E-state index >= 15 is 0 Å². The van der Waals surface area contributed by atoms with Crippen molar-refractivity contribution in [3.05, 3.63) is 21.7 Å². The number of aromatic amines is 1. The molecule has 1 heterocycles. The Morgan fingerprint density at radius 2 is 2.44 bits per heavy atom. The minimum Gasteiger partial charge on any atom is -0.469 e. The Balaban J connectivity index is 2.65. The van der Waals surface area contributed by atoms with Crippen LogP contribution in [0.2, 0.25) is 5.02 Å². The van der Waals surface area contributed by atoms with E-state index in [2.05, 4.69) is 14.7 Å². The number of carbonyl (C=O) groups is 1. The molecule has 0 saturated carbocycles. The average Bonchev–Trinajstić information content (AvgIpc) is 2.29. The van der Waals surface area contributed by atoms with Crippen LogP contribution in [0.25, 0.3) is 0 Å². The molecule has 1 atom stereocenters. The van der Waals surface area contributed by atoms with Crippen LogP contribution >= 0.6 is 23.4 Å². The molecule has 0 fully saturated rings. The topological polar surface area (TPSA) is 72.0 Å². The van der Waals surface area contributed by atoms with Crippen LogP contribution in [-0.4, -0.2) is 28.8 Å². The summed E-state index contributed by atoms with van der Waals surface area (Å²) in [5, 5.41) is 0.464. The summed E-state index contributed by atoms with van der Waals surface area (Å²) in [5.41, 5.74) is -0.384. The van der Waals surface area contributed by atoms with Crippen molar-refractivity contribution in [2.24, 2.45) is 5.92 Å². The van der Waals surface area contributed by atoms with Gasteiger partial charge in [0.2, 0.25) is 0 Å². The molecule has 0 spiro atoms. The molecular formula is C9H11ClN2O3S. The zero-order valence-electron chi connectivity index (χ0n) is 8.82. The highest BCUT2D eigenvalue weighted by atomic mass is 35.5. The second-order valence-electron chi connectivity index (χ2n) is 3.09. The fourth-order valence-corrected chi connectivity index (χ4v) is 2.10. The van der Waals surface area contributed by atoms with Crippen molar-refractivity contribution in [3.63, 3.8) is 0 Å². The van der Waals surface area contributed by atoms with Gasteiger partial charge in [0, 0.05) is 5.75 Å². The fourth-order valence-electron chi connectivity index (χ4n) is 0.940. The minimum absolute atomic E-state index is 0.0459. The zero-order valence-corrected chi connectivity index (χ0v) is 10.4. The Labute approximate surface area is 102 Å². The highest BCUT2D eigenvalue weighted by Gasteiger charge is 2.15.